The molecule has 0 aromatic heterocycles. The minimum absolute atomic E-state index is 0.0223. The molecule has 2 aliphatic carbocycles. The molecule has 2 aromatic rings. The smallest absolute Gasteiger partial charge is 0.244 e. The van der Waals surface area contributed by atoms with Crippen molar-refractivity contribution in [3.8, 4) is 0 Å². The second-order valence-corrected chi connectivity index (χ2v) is 6.78. The van der Waals surface area contributed by atoms with Crippen molar-refractivity contribution >= 4 is 22.4 Å². The normalized spacial score (nSPS) is 19.3. The number of aryl methyl sites for hydroxylation is 2. The number of anilines is 1. The third-order valence-electron chi connectivity index (χ3n) is 5.32. The lowest BCUT2D eigenvalue weighted by atomic mass is 9.82. The van der Waals surface area contributed by atoms with E-state index in [-0.39, 0.29) is 5.91 Å². The zero-order valence-electron chi connectivity index (χ0n) is 12.8. The molecular formula is C19H22N2O. The molecule has 2 aromatic carbocycles. The van der Waals surface area contributed by atoms with Crippen LogP contribution in [0.5, 0.6) is 0 Å². The summed E-state index contributed by atoms with van der Waals surface area (Å²) in [5, 5.41) is 5.60. The zero-order valence-corrected chi connectivity index (χ0v) is 12.8. The average Bonchev–Trinajstić information content (AvgIpc) is 2.96. The second-order valence-electron chi connectivity index (χ2n) is 6.78. The molecule has 22 heavy (non-hydrogen) atoms. The van der Waals surface area contributed by atoms with Crippen LogP contribution in [0.25, 0.3) is 10.8 Å². The Hall–Kier alpha value is -1.87. The molecule has 1 fully saturated rings. The lowest BCUT2D eigenvalue weighted by molar-refractivity contribution is -0.122. The molecule has 3 heteroatoms. The van der Waals surface area contributed by atoms with Crippen LogP contribution in [0.2, 0.25) is 0 Å². The number of carbonyl (C=O) groups excluding carboxylic acids is 1. The molecule has 0 heterocycles. The summed E-state index contributed by atoms with van der Waals surface area (Å²) in [6.45, 7) is 0. The maximum atomic E-state index is 12.7. The highest BCUT2D eigenvalue weighted by Crippen LogP contribution is 2.36. The summed E-state index contributed by atoms with van der Waals surface area (Å²) >= 11 is 0. The van der Waals surface area contributed by atoms with Crippen molar-refractivity contribution in [2.75, 3.05) is 5.32 Å². The Bertz CT molecular complexity index is 734. The highest BCUT2D eigenvalue weighted by Gasteiger charge is 2.35. The van der Waals surface area contributed by atoms with Crippen LogP contribution in [-0.4, -0.2) is 11.4 Å². The summed E-state index contributed by atoms with van der Waals surface area (Å²) in [5.74, 6) is -0.0223. The number of carbonyl (C=O) groups is 1. The van der Waals surface area contributed by atoms with E-state index in [0.717, 1.165) is 49.6 Å². The van der Waals surface area contributed by atoms with Gasteiger partial charge < -0.3 is 11.1 Å². The molecule has 0 aliphatic heterocycles. The van der Waals surface area contributed by atoms with Crippen molar-refractivity contribution in [2.45, 2.75) is 50.5 Å². The fourth-order valence-corrected chi connectivity index (χ4v) is 4.01. The molecular weight excluding hydrogens is 272 g/mol. The molecule has 1 amide bonds. The van der Waals surface area contributed by atoms with Gasteiger partial charge in [0.1, 0.15) is 0 Å². The molecule has 4 rings (SSSR count). The Balaban J connectivity index is 1.69. The van der Waals surface area contributed by atoms with Crippen molar-refractivity contribution in [2.24, 2.45) is 5.73 Å². The van der Waals surface area contributed by atoms with E-state index in [0.29, 0.717) is 0 Å². The number of benzene rings is 2. The largest absolute Gasteiger partial charge is 0.324 e. The van der Waals surface area contributed by atoms with Gasteiger partial charge in [-0.05, 0) is 48.3 Å². The van der Waals surface area contributed by atoms with Gasteiger partial charge >= 0.3 is 0 Å². The summed E-state index contributed by atoms with van der Waals surface area (Å²) in [6, 6.07) is 10.6. The van der Waals surface area contributed by atoms with E-state index in [2.05, 4.69) is 29.6 Å². The number of nitrogens with one attached hydrogen (secondary N) is 1. The van der Waals surface area contributed by atoms with Crippen LogP contribution in [-0.2, 0) is 17.6 Å². The summed E-state index contributed by atoms with van der Waals surface area (Å²) in [6.07, 6.45) is 7.07. The van der Waals surface area contributed by atoms with Crippen molar-refractivity contribution in [1.82, 2.24) is 0 Å². The van der Waals surface area contributed by atoms with E-state index < -0.39 is 5.54 Å². The molecule has 114 valence electrons. The van der Waals surface area contributed by atoms with E-state index in [9.17, 15) is 4.79 Å². The SMILES string of the molecule is NC1(C(=O)Nc2ccc3c4c(cccc24)CC3)CCCCC1. The van der Waals surface area contributed by atoms with Gasteiger partial charge in [-0.25, -0.2) is 0 Å². The van der Waals surface area contributed by atoms with Gasteiger partial charge in [0.2, 0.25) is 5.91 Å². The number of hydrogen-bond donors (Lipinski definition) is 2. The van der Waals surface area contributed by atoms with Crippen LogP contribution < -0.4 is 11.1 Å². The van der Waals surface area contributed by atoms with Crippen molar-refractivity contribution in [3.05, 3.63) is 41.5 Å². The fraction of sp³-hybridized carbons (Fsp3) is 0.421. The highest BCUT2D eigenvalue weighted by atomic mass is 16.2. The fourth-order valence-electron chi connectivity index (χ4n) is 4.01. The van der Waals surface area contributed by atoms with Crippen LogP contribution in [0, 0.1) is 0 Å². The van der Waals surface area contributed by atoms with Crippen molar-refractivity contribution in [3.63, 3.8) is 0 Å². The van der Waals surface area contributed by atoms with E-state index in [1.165, 1.54) is 22.9 Å². The molecule has 3 N–H and O–H groups in total. The van der Waals surface area contributed by atoms with Crippen LogP contribution in [0.4, 0.5) is 5.69 Å². The van der Waals surface area contributed by atoms with Crippen molar-refractivity contribution < 1.29 is 4.79 Å². The molecule has 0 atom stereocenters. The minimum Gasteiger partial charge on any atom is -0.324 e. The molecule has 0 unspecified atom stereocenters. The van der Waals surface area contributed by atoms with E-state index in [1.807, 2.05) is 6.07 Å². The summed E-state index contributed by atoms with van der Waals surface area (Å²) < 4.78 is 0. The second kappa shape index (κ2) is 5.10. The lowest BCUT2D eigenvalue weighted by Gasteiger charge is -2.32. The van der Waals surface area contributed by atoms with Gasteiger partial charge in [-0.1, -0.05) is 43.5 Å². The molecule has 0 radical (unpaired) electrons. The average molecular weight is 294 g/mol. The summed E-state index contributed by atoms with van der Waals surface area (Å²) in [7, 11) is 0. The number of nitrogens with two attached hydrogens (primary N) is 1. The topological polar surface area (TPSA) is 55.1 Å². The lowest BCUT2D eigenvalue weighted by Crippen LogP contribution is -2.52. The minimum atomic E-state index is -0.693. The Labute approximate surface area is 130 Å². The Kier molecular flexibility index (Phi) is 3.19. The Morgan fingerprint density at radius 1 is 1.00 bits per heavy atom. The van der Waals surface area contributed by atoms with Gasteiger partial charge in [0, 0.05) is 11.1 Å². The molecule has 1 saturated carbocycles. The first-order valence-electron chi connectivity index (χ1n) is 8.31. The van der Waals surface area contributed by atoms with Crippen molar-refractivity contribution in [1.29, 1.82) is 0 Å². The quantitative estimate of drug-likeness (QED) is 0.890. The van der Waals surface area contributed by atoms with Gasteiger partial charge in [0.15, 0.2) is 0 Å². The number of rotatable bonds is 2. The maximum Gasteiger partial charge on any atom is 0.244 e. The van der Waals surface area contributed by atoms with E-state index in [4.69, 9.17) is 5.73 Å². The van der Waals surface area contributed by atoms with Gasteiger partial charge in [-0.15, -0.1) is 0 Å². The summed E-state index contributed by atoms with van der Waals surface area (Å²) in [5.41, 5.74) is 9.35. The monoisotopic (exact) mass is 294 g/mol. The molecule has 0 spiro atoms. The maximum absolute atomic E-state index is 12.7. The van der Waals surface area contributed by atoms with Gasteiger partial charge in [-0.2, -0.15) is 0 Å². The summed E-state index contributed by atoms with van der Waals surface area (Å²) in [4.78, 5) is 12.7. The molecule has 0 bridgehead atoms. The van der Waals surface area contributed by atoms with Crippen LogP contribution in [0.1, 0.15) is 43.2 Å². The van der Waals surface area contributed by atoms with Crippen LogP contribution in [0.15, 0.2) is 30.3 Å². The van der Waals surface area contributed by atoms with Crippen LogP contribution >= 0.6 is 0 Å². The van der Waals surface area contributed by atoms with Gasteiger partial charge in [0.05, 0.1) is 5.54 Å². The Morgan fingerprint density at radius 3 is 2.50 bits per heavy atom. The zero-order chi connectivity index (χ0) is 15.2. The first-order valence-corrected chi connectivity index (χ1v) is 8.31. The van der Waals surface area contributed by atoms with Crippen LogP contribution in [0.3, 0.4) is 0 Å². The predicted octanol–water partition coefficient (Wildman–Crippen LogP) is 3.54. The standard InChI is InChI=1S/C19H22N2O/c20-19(11-2-1-3-12-19)18(22)21-16-10-9-14-8-7-13-5-4-6-15(16)17(13)14/h4-6,9-10H,1-3,7-8,11-12,20H2,(H,21,22). The Morgan fingerprint density at radius 2 is 1.73 bits per heavy atom. The van der Waals surface area contributed by atoms with Gasteiger partial charge in [0.25, 0.3) is 0 Å². The predicted molar refractivity (Wildman–Crippen MR) is 90.0 cm³/mol. The molecule has 2 aliphatic rings. The third-order valence-corrected chi connectivity index (χ3v) is 5.32. The van der Waals surface area contributed by atoms with E-state index >= 15 is 0 Å². The van der Waals surface area contributed by atoms with E-state index in [1.54, 1.807) is 0 Å². The first-order chi connectivity index (χ1) is 10.7. The molecule has 3 nitrogen and oxygen atoms in total. The van der Waals surface area contributed by atoms with Gasteiger partial charge in [-0.3, -0.25) is 4.79 Å². The number of hydrogen-bond acceptors (Lipinski definition) is 2. The first kappa shape index (κ1) is 13.8. The molecule has 0 saturated heterocycles. The highest BCUT2D eigenvalue weighted by molar-refractivity contribution is 6.07. The third kappa shape index (κ3) is 2.12. The number of amides is 1.